The number of nitrogens with zero attached hydrogens (tertiary/aromatic N) is 3. The Labute approximate surface area is 170 Å². The minimum Gasteiger partial charge on any atom is -0.326 e. The van der Waals surface area contributed by atoms with Crippen LogP contribution < -0.4 is 16.2 Å². The first kappa shape index (κ1) is 19.2. The summed E-state index contributed by atoms with van der Waals surface area (Å²) >= 11 is 1.27. The lowest BCUT2D eigenvalue weighted by molar-refractivity contribution is -0.114. The lowest BCUT2D eigenvalue weighted by atomic mass is 9.97. The molecule has 9 nitrogen and oxygen atoms in total. The van der Waals surface area contributed by atoms with Crippen molar-refractivity contribution < 1.29 is 9.59 Å². The zero-order chi connectivity index (χ0) is 20.4. The minimum atomic E-state index is -0.183. The number of amides is 2. The van der Waals surface area contributed by atoms with Crippen LogP contribution in [0.25, 0.3) is 5.78 Å². The molecular formula is C19H20N6O3S. The second-order valence-electron chi connectivity index (χ2n) is 6.82. The van der Waals surface area contributed by atoms with Crippen molar-refractivity contribution in [1.29, 1.82) is 0 Å². The molecule has 3 N–H and O–H groups in total. The number of rotatable bonds is 5. The lowest BCUT2D eigenvalue weighted by Gasteiger charge is -2.16. The Morgan fingerprint density at radius 2 is 1.79 bits per heavy atom. The highest BCUT2D eigenvalue weighted by Gasteiger charge is 2.20. The van der Waals surface area contributed by atoms with Crippen LogP contribution in [0.5, 0.6) is 0 Å². The molecule has 0 saturated carbocycles. The summed E-state index contributed by atoms with van der Waals surface area (Å²) in [6.45, 7) is 1.44. The van der Waals surface area contributed by atoms with Gasteiger partial charge in [-0.15, -0.1) is 10.2 Å². The number of aryl methyl sites for hydroxylation is 1. The van der Waals surface area contributed by atoms with Crippen LogP contribution in [0.4, 0.5) is 11.4 Å². The standard InChI is InChI=1S/C19H20N6O3S/c1-11(26)20-12-6-8-13(9-7-12)21-16(27)10-29-19-24-23-18-22-17(28)14-4-2-3-5-15(14)25(18)19/h6-9H,2-5,10H2,1H3,(H,20,26)(H,21,27)(H,22,23,28). The smallest absolute Gasteiger partial charge is 0.255 e. The highest BCUT2D eigenvalue weighted by molar-refractivity contribution is 7.99. The maximum absolute atomic E-state index is 12.3. The molecule has 0 saturated heterocycles. The van der Waals surface area contributed by atoms with Gasteiger partial charge in [-0.2, -0.15) is 0 Å². The highest BCUT2D eigenvalue weighted by atomic mass is 32.2. The van der Waals surface area contributed by atoms with Crippen molar-refractivity contribution in [2.24, 2.45) is 0 Å². The van der Waals surface area contributed by atoms with Gasteiger partial charge in [0.2, 0.25) is 17.6 Å². The van der Waals surface area contributed by atoms with E-state index in [4.69, 9.17) is 0 Å². The van der Waals surface area contributed by atoms with E-state index < -0.39 is 0 Å². The molecule has 2 heterocycles. The van der Waals surface area contributed by atoms with Gasteiger partial charge in [0.15, 0.2) is 5.16 Å². The molecular weight excluding hydrogens is 392 g/mol. The van der Waals surface area contributed by atoms with Gasteiger partial charge in [0.25, 0.3) is 5.56 Å². The van der Waals surface area contributed by atoms with E-state index in [-0.39, 0.29) is 23.1 Å². The Morgan fingerprint density at radius 1 is 1.10 bits per heavy atom. The summed E-state index contributed by atoms with van der Waals surface area (Å²) in [5.41, 5.74) is 2.93. The molecule has 0 spiro atoms. The van der Waals surface area contributed by atoms with Gasteiger partial charge in [0, 0.05) is 29.6 Å². The maximum Gasteiger partial charge on any atom is 0.255 e. The second kappa shape index (κ2) is 8.08. The summed E-state index contributed by atoms with van der Waals surface area (Å²) in [4.78, 5) is 38.4. The van der Waals surface area contributed by atoms with Crippen molar-refractivity contribution in [3.63, 3.8) is 0 Å². The Morgan fingerprint density at radius 3 is 2.52 bits per heavy atom. The third-order valence-corrected chi connectivity index (χ3v) is 5.59. The van der Waals surface area contributed by atoms with Gasteiger partial charge in [0.05, 0.1) is 5.75 Å². The quantitative estimate of drug-likeness (QED) is 0.551. The highest BCUT2D eigenvalue weighted by Crippen LogP contribution is 2.24. The molecule has 10 heteroatoms. The van der Waals surface area contributed by atoms with Crippen molar-refractivity contribution in [3.05, 3.63) is 45.9 Å². The number of aromatic amines is 1. The number of fused-ring (bicyclic) bond motifs is 3. The summed E-state index contributed by atoms with van der Waals surface area (Å²) in [5.74, 6) is 0.231. The van der Waals surface area contributed by atoms with Crippen molar-refractivity contribution in [2.45, 2.75) is 37.8 Å². The molecule has 150 valence electrons. The number of nitrogens with one attached hydrogen (secondary N) is 3. The first-order chi connectivity index (χ1) is 14.0. The van der Waals surface area contributed by atoms with Crippen molar-refractivity contribution in [2.75, 3.05) is 16.4 Å². The molecule has 29 heavy (non-hydrogen) atoms. The van der Waals surface area contributed by atoms with Crippen LogP contribution in [-0.4, -0.2) is 37.1 Å². The van der Waals surface area contributed by atoms with Gasteiger partial charge < -0.3 is 10.6 Å². The Hall–Kier alpha value is -3.14. The molecule has 0 bridgehead atoms. The second-order valence-corrected chi connectivity index (χ2v) is 7.77. The summed E-state index contributed by atoms with van der Waals surface area (Å²) in [5, 5.41) is 14.3. The number of thioether (sulfide) groups is 1. The molecule has 2 amide bonds. The van der Waals surface area contributed by atoms with Gasteiger partial charge >= 0.3 is 0 Å². The van der Waals surface area contributed by atoms with Gasteiger partial charge in [-0.1, -0.05) is 11.8 Å². The molecule has 0 aliphatic heterocycles. The predicted octanol–water partition coefficient (Wildman–Crippen LogP) is 1.99. The number of carbonyl (C=O) groups excluding carboxylic acids is 2. The first-order valence-corrected chi connectivity index (χ1v) is 10.3. The van der Waals surface area contributed by atoms with Crippen molar-refractivity contribution in [1.82, 2.24) is 19.6 Å². The number of hydrogen-bond donors (Lipinski definition) is 3. The van der Waals surface area contributed by atoms with Crippen LogP contribution in [-0.2, 0) is 22.4 Å². The van der Waals surface area contributed by atoms with E-state index in [2.05, 4.69) is 25.8 Å². The minimum absolute atomic E-state index is 0.100. The molecule has 0 atom stereocenters. The first-order valence-electron chi connectivity index (χ1n) is 9.31. The predicted molar refractivity (Wildman–Crippen MR) is 110 cm³/mol. The van der Waals surface area contributed by atoms with Crippen LogP contribution >= 0.6 is 11.8 Å². The molecule has 2 aromatic heterocycles. The van der Waals surface area contributed by atoms with Gasteiger partial charge in [-0.05, 0) is 49.9 Å². The summed E-state index contributed by atoms with van der Waals surface area (Å²) in [6.07, 6.45) is 3.56. The number of anilines is 2. The number of H-pyrrole nitrogens is 1. The van der Waals surface area contributed by atoms with Crippen LogP contribution in [0.15, 0.2) is 34.2 Å². The third kappa shape index (κ3) is 4.16. The van der Waals surface area contributed by atoms with E-state index in [1.807, 2.05) is 4.40 Å². The van der Waals surface area contributed by atoms with Crippen molar-refractivity contribution >= 4 is 40.7 Å². The normalized spacial score (nSPS) is 13.1. The van der Waals surface area contributed by atoms with Crippen LogP contribution in [0.1, 0.15) is 31.0 Å². The summed E-state index contributed by atoms with van der Waals surface area (Å²) < 4.78 is 1.86. The molecule has 1 aromatic carbocycles. The average Bonchev–Trinajstić information content (AvgIpc) is 3.11. The van der Waals surface area contributed by atoms with E-state index in [9.17, 15) is 14.4 Å². The van der Waals surface area contributed by atoms with E-state index in [1.165, 1.54) is 18.7 Å². The molecule has 0 fully saturated rings. The molecule has 0 radical (unpaired) electrons. The fraction of sp³-hybridized carbons (Fsp3) is 0.316. The SMILES string of the molecule is CC(=O)Nc1ccc(NC(=O)CSc2nnc3[nH]c(=O)c4c(n23)CCCC4)cc1. The van der Waals surface area contributed by atoms with Crippen LogP contribution in [0.2, 0.25) is 0 Å². The maximum atomic E-state index is 12.3. The third-order valence-electron chi connectivity index (χ3n) is 4.66. The zero-order valence-electron chi connectivity index (χ0n) is 15.8. The van der Waals surface area contributed by atoms with Crippen molar-refractivity contribution in [3.8, 4) is 0 Å². The van der Waals surface area contributed by atoms with E-state index in [0.29, 0.717) is 22.3 Å². The lowest BCUT2D eigenvalue weighted by Crippen LogP contribution is -2.23. The summed E-state index contributed by atoms with van der Waals surface area (Å²) in [7, 11) is 0. The fourth-order valence-electron chi connectivity index (χ4n) is 3.41. The number of hydrogen-bond acceptors (Lipinski definition) is 6. The topological polar surface area (TPSA) is 121 Å². The molecule has 1 aliphatic rings. The molecule has 4 rings (SSSR count). The number of carbonyl (C=O) groups is 2. The van der Waals surface area contributed by atoms with E-state index in [1.54, 1.807) is 24.3 Å². The molecule has 3 aromatic rings. The number of benzene rings is 1. The van der Waals surface area contributed by atoms with Gasteiger partial charge in [-0.25, -0.2) is 0 Å². The largest absolute Gasteiger partial charge is 0.326 e. The zero-order valence-corrected chi connectivity index (χ0v) is 16.6. The Balaban J connectivity index is 1.45. The van der Waals surface area contributed by atoms with E-state index in [0.717, 1.165) is 36.9 Å². The van der Waals surface area contributed by atoms with E-state index >= 15 is 0 Å². The fourth-order valence-corrected chi connectivity index (χ4v) is 4.17. The van der Waals surface area contributed by atoms with Gasteiger partial charge in [0.1, 0.15) is 0 Å². The molecule has 0 unspecified atom stereocenters. The van der Waals surface area contributed by atoms with Gasteiger partial charge in [-0.3, -0.25) is 23.8 Å². The average molecular weight is 412 g/mol. The van der Waals surface area contributed by atoms with Crippen LogP contribution in [0.3, 0.4) is 0 Å². The van der Waals surface area contributed by atoms with Crippen LogP contribution in [0, 0.1) is 0 Å². The summed E-state index contributed by atoms with van der Waals surface area (Å²) in [6, 6.07) is 6.89. The monoisotopic (exact) mass is 412 g/mol. The Bertz CT molecular complexity index is 1140. The number of aromatic nitrogens is 4. The molecule has 1 aliphatic carbocycles. The Kier molecular flexibility index (Phi) is 5.34.